The van der Waals surface area contributed by atoms with Crippen LogP contribution in [-0.2, 0) is 4.79 Å². The summed E-state index contributed by atoms with van der Waals surface area (Å²) in [5.74, 6) is -0.322. The lowest BCUT2D eigenvalue weighted by Gasteiger charge is -2.06. The molecule has 0 atom stereocenters. The van der Waals surface area contributed by atoms with Crippen molar-refractivity contribution in [1.29, 1.82) is 0 Å². The number of halogens is 4. The van der Waals surface area contributed by atoms with Crippen molar-refractivity contribution in [1.82, 2.24) is 5.43 Å². The topological polar surface area (TPSA) is 53.5 Å². The summed E-state index contributed by atoms with van der Waals surface area (Å²) in [5, 5.41) is 8.58. The van der Waals surface area contributed by atoms with Crippen molar-refractivity contribution in [3.05, 3.63) is 62.1 Å². The number of amides is 1. The molecule has 2 aromatic rings. The van der Waals surface area contributed by atoms with Crippen molar-refractivity contribution in [2.45, 2.75) is 0 Å². The van der Waals surface area contributed by atoms with Crippen LogP contribution in [0.3, 0.4) is 0 Å². The summed E-state index contributed by atoms with van der Waals surface area (Å²) >= 11 is 23.5. The number of rotatable bonds is 5. The molecule has 0 bridgehead atoms. The van der Waals surface area contributed by atoms with Crippen LogP contribution in [0.5, 0.6) is 0 Å². The van der Waals surface area contributed by atoms with E-state index in [-0.39, 0.29) is 12.5 Å². The van der Waals surface area contributed by atoms with Gasteiger partial charge in [-0.05, 0) is 30.3 Å². The van der Waals surface area contributed by atoms with Gasteiger partial charge in [-0.2, -0.15) is 5.10 Å². The summed E-state index contributed by atoms with van der Waals surface area (Å²) in [7, 11) is 0. The third-order valence-electron chi connectivity index (χ3n) is 2.73. The van der Waals surface area contributed by atoms with Crippen molar-refractivity contribution < 1.29 is 4.79 Å². The average Bonchev–Trinajstić information content (AvgIpc) is 2.50. The van der Waals surface area contributed by atoms with E-state index in [1.165, 1.54) is 6.21 Å². The molecule has 0 unspecified atom stereocenters. The van der Waals surface area contributed by atoms with Crippen LogP contribution in [0.1, 0.15) is 5.56 Å². The van der Waals surface area contributed by atoms with Gasteiger partial charge in [0, 0.05) is 16.3 Å². The van der Waals surface area contributed by atoms with Gasteiger partial charge in [0.15, 0.2) is 0 Å². The number of nitrogens with one attached hydrogen (secondary N) is 2. The van der Waals surface area contributed by atoms with Crippen LogP contribution < -0.4 is 10.7 Å². The second-order valence-electron chi connectivity index (χ2n) is 4.44. The minimum atomic E-state index is -0.322. The number of anilines is 1. The van der Waals surface area contributed by atoms with E-state index in [4.69, 9.17) is 46.4 Å². The zero-order chi connectivity index (χ0) is 16.8. The molecular weight excluding hydrogens is 380 g/mol. The number of hydrogen-bond donors (Lipinski definition) is 2. The minimum Gasteiger partial charge on any atom is -0.376 e. The molecule has 0 heterocycles. The zero-order valence-electron chi connectivity index (χ0n) is 11.6. The van der Waals surface area contributed by atoms with Gasteiger partial charge in [0.05, 0.1) is 27.8 Å². The van der Waals surface area contributed by atoms with Crippen molar-refractivity contribution in [2.75, 3.05) is 11.9 Å². The first-order chi connectivity index (χ1) is 11.0. The van der Waals surface area contributed by atoms with E-state index in [1.807, 2.05) is 0 Å². The average molecular weight is 391 g/mol. The maximum atomic E-state index is 11.7. The highest BCUT2D eigenvalue weighted by molar-refractivity contribution is 6.42. The Bertz CT molecular complexity index is 749. The highest BCUT2D eigenvalue weighted by Gasteiger charge is 2.03. The van der Waals surface area contributed by atoms with E-state index in [0.717, 1.165) is 0 Å². The molecule has 0 aliphatic rings. The molecule has 23 heavy (non-hydrogen) atoms. The fourth-order valence-electron chi connectivity index (χ4n) is 1.61. The molecule has 4 nitrogen and oxygen atoms in total. The molecule has 0 radical (unpaired) electrons. The molecule has 0 saturated heterocycles. The van der Waals surface area contributed by atoms with E-state index in [2.05, 4.69) is 15.8 Å². The largest absolute Gasteiger partial charge is 0.376 e. The Hall–Kier alpha value is -1.46. The molecule has 0 aliphatic heterocycles. The standard InChI is InChI=1S/C15H11Cl4N3O/c16-10-2-1-9(13(18)5-10)7-21-22-15(23)8-20-11-3-4-12(17)14(19)6-11/h1-7,20H,8H2,(H,22,23)/b21-7-. The van der Waals surface area contributed by atoms with Crippen LogP contribution in [0, 0.1) is 0 Å². The molecule has 0 aliphatic carbocycles. The number of carbonyl (C=O) groups is 1. The molecule has 120 valence electrons. The van der Waals surface area contributed by atoms with Crippen molar-refractivity contribution in [2.24, 2.45) is 5.10 Å². The molecule has 1 amide bonds. The van der Waals surface area contributed by atoms with Crippen LogP contribution in [0.4, 0.5) is 5.69 Å². The van der Waals surface area contributed by atoms with E-state index < -0.39 is 0 Å². The minimum absolute atomic E-state index is 0.0314. The van der Waals surface area contributed by atoms with Crippen LogP contribution >= 0.6 is 46.4 Å². The van der Waals surface area contributed by atoms with E-state index in [9.17, 15) is 4.79 Å². The normalized spacial score (nSPS) is 10.8. The SMILES string of the molecule is O=C(CNc1ccc(Cl)c(Cl)c1)N/N=C\c1ccc(Cl)cc1Cl. The van der Waals surface area contributed by atoms with Crippen LogP contribution in [0.15, 0.2) is 41.5 Å². The third kappa shape index (κ3) is 5.59. The van der Waals surface area contributed by atoms with E-state index in [1.54, 1.807) is 36.4 Å². The lowest BCUT2D eigenvalue weighted by molar-refractivity contribution is -0.119. The summed E-state index contributed by atoms with van der Waals surface area (Å²) in [4.78, 5) is 11.7. The summed E-state index contributed by atoms with van der Waals surface area (Å²) < 4.78 is 0. The Morgan fingerprint density at radius 1 is 1.00 bits per heavy atom. The van der Waals surface area contributed by atoms with Gasteiger partial charge in [0.2, 0.25) is 0 Å². The molecule has 2 aromatic carbocycles. The van der Waals surface area contributed by atoms with Gasteiger partial charge in [0.1, 0.15) is 0 Å². The molecule has 0 spiro atoms. The zero-order valence-corrected chi connectivity index (χ0v) is 14.6. The molecule has 0 aromatic heterocycles. The van der Waals surface area contributed by atoms with Gasteiger partial charge in [-0.25, -0.2) is 5.43 Å². The van der Waals surface area contributed by atoms with Crippen molar-refractivity contribution in [3.63, 3.8) is 0 Å². The smallest absolute Gasteiger partial charge is 0.259 e. The molecule has 0 fully saturated rings. The van der Waals surface area contributed by atoms with E-state index in [0.29, 0.717) is 31.3 Å². The van der Waals surface area contributed by atoms with Gasteiger partial charge in [0.25, 0.3) is 5.91 Å². The van der Waals surface area contributed by atoms with Gasteiger partial charge < -0.3 is 5.32 Å². The highest BCUT2D eigenvalue weighted by Crippen LogP contribution is 2.24. The number of nitrogens with zero attached hydrogens (tertiary/aromatic N) is 1. The van der Waals surface area contributed by atoms with Crippen molar-refractivity contribution in [3.8, 4) is 0 Å². The summed E-state index contributed by atoms with van der Waals surface area (Å²) in [6.07, 6.45) is 1.44. The Morgan fingerprint density at radius 2 is 1.78 bits per heavy atom. The number of benzene rings is 2. The van der Waals surface area contributed by atoms with Crippen molar-refractivity contribution >= 4 is 64.2 Å². The number of carbonyl (C=O) groups excluding carboxylic acids is 1. The molecular formula is C15H11Cl4N3O. The van der Waals surface area contributed by atoms with Gasteiger partial charge in [-0.3, -0.25) is 4.79 Å². The summed E-state index contributed by atoms with van der Waals surface area (Å²) in [6, 6.07) is 9.98. The maximum absolute atomic E-state index is 11.7. The third-order valence-corrected chi connectivity index (χ3v) is 4.03. The second-order valence-corrected chi connectivity index (χ2v) is 6.10. The summed E-state index contributed by atoms with van der Waals surface area (Å²) in [6.45, 7) is 0.0314. The first-order valence-electron chi connectivity index (χ1n) is 6.41. The second kappa shape index (κ2) is 8.41. The van der Waals surface area contributed by atoms with Gasteiger partial charge >= 0.3 is 0 Å². The molecule has 2 rings (SSSR count). The fourth-order valence-corrected chi connectivity index (χ4v) is 2.36. The maximum Gasteiger partial charge on any atom is 0.259 e. The quantitative estimate of drug-likeness (QED) is 0.565. The molecule has 2 N–H and O–H groups in total. The predicted octanol–water partition coefficient (Wildman–Crippen LogP) is 4.86. The Morgan fingerprint density at radius 3 is 2.48 bits per heavy atom. The monoisotopic (exact) mass is 389 g/mol. The Kier molecular flexibility index (Phi) is 6.54. The Balaban J connectivity index is 1.85. The lowest BCUT2D eigenvalue weighted by Crippen LogP contribution is -2.25. The van der Waals surface area contributed by atoms with Gasteiger partial charge in [-0.15, -0.1) is 0 Å². The van der Waals surface area contributed by atoms with Crippen LogP contribution in [-0.4, -0.2) is 18.7 Å². The fraction of sp³-hybridized carbons (Fsp3) is 0.0667. The number of hydrazone groups is 1. The molecule has 0 saturated carbocycles. The number of hydrogen-bond acceptors (Lipinski definition) is 3. The first-order valence-corrected chi connectivity index (χ1v) is 7.93. The lowest BCUT2D eigenvalue weighted by atomic mass is 10.2. The summed E-state index contributed by atoms with van der Waals surface area (Å²) in [5.41, 5.74) is 3.71. The van der Waals surface area contributed by atoms with Crippen LogP contribution in [0.2, 0.25) is 20.1 Å². The predicted molar refractivity (Wildman–Crippen MR) is 97.2 cm³/mol. The van der Waals surface area contributed by atoms with Crippen LogP contribution in [0.25, 0.3) is 0 Å². The Labute approximate surface area is 153 Å². The van der Waals surface area contributed by atoms with Gasteiger partial charge in [-0.1, -0.05) is 52.5 Å². The first kappa shape index (κ1) is 17.9. The van der Waals surface area contributed by atoms with E-state index >= 15 is 0 Å². The molecule has 8 heteroatoms. The highest BCUT2D eigenvalue weighted by atomic mass is 35.5.